The van der Waals surface area contributed by atoms with Crippen molar-refractivity contribution in [3.63, 3.8) is 0 Å². The maximum Gasteiger partial charge on any atom is 0.249 e. The molecule has 0 aromatic heterocycles. The van der Waals surface area contributed by atoms with Gasteiger partial charge in [-0.1, -0.05) is 289 Å². The summed E-state index contributed by atoms with van der Waals surface area (Å²) in [6.07, 6.45) is 64.0. The number of nitrogens with one attached hydrogen (secondary N) is 1. The van der Waals surface area contributed by atoms with Gasteiger partial charge in [0.25, 0.3) is 0 Å². The zero-order valence-corrected chi connectivity index (χ0v) is 40.6. The molecule has 0 aliphatic carbocycles. The van der Waals surface area contributed by atoms with Crippen LogP contribution >= 0.6 is 0 Å². The Bertz CT molecular complexity index is 890. The lowest BCUT2D eigenvalue weighted by Crippen LogP contribution is -2.48. The van der Waals surface area contributed by atoms with Crippen molar-refractivity contribution in [2.24, 2.45) is 0 Å². The molecule has 0 aromatic carbocycles. The fraction of sp³-hybridized carbons (Fsp3) is 0.909. The summed E-state index contributed by atoms with van der Waals surface area (Å²) >= 11 is 0. The van der Waals surface area contributed by atoms with Crippen molar-refractivity contribution >= 4 is 5.91 Å². The van der Waals surface area contributed by atoms with E-state index >= 15 is 0 Å². The molecule has 3 atom stereocenters. The number of unbranched alkanes of at least 4 members (excludes halogenated alkanes) is 40. The van der Waals surface area contributed by atoms with Gasteiger partial charge in [-0.2, -0.15) is 0 Å². The zero-order valence-electron chi connectivity index (χ0n) is 40.6. The van der Waals surface area contributed by atoms with Crippen LogP contribution in [-0.4, -0.2) is 46.1 Å². The molecule has 1 amide bonds. The van der Waals surface area contributed by atoms with Gasteiger partial charge in [-0.3, -0.25) is 4.79 Å². The summed E-state index contributed by atoms with van der Waals surface area (Å²) in [6.45, 7) is 4.20. The molecule has 0 aromatic rings. The fourth-order valence-electron chi connectivity index (χ4n) is 8.56. The molecule has 0 radical (unpaired) electrons. The molecule has 0 heterocycles. The van der Waals surface area contributed by atoms with Gasteiger partial charge in [0.05, 0.1) is 18.8 Å². The highest BCUT2D eigenvalue weighted by molar-refractivity contribution is 5.80. The highest BCUT2D eigenvalue weighted by atomic mass is 16.3. The van der Waals surface area contributed by atoms with Gasteiger partial charge in [-0.15, -0.1) is 0 Å². The monoisotopic (exact) mass is 846 g/mol. The fourth-order valence-corrected chi connectivity index (χ4v) is 8.56. The SMILES string of the molecule is CCCCCCCCCCCC/C=C/CC/C=C/C(O)C(CO)NC(=O)C(O)CCCCCCCCCCCCCCCCCCCCCCCCCCCCCCCC. The number of aliphatic hydroxyl groups excluding tert-OH is 3. The lowest BCUT2D eigenvalue weighted by atomic mass is 10.0. The van der Waals surface area contributed by atoms with Crippen molar-refractivity contribution in [2.45, 2.75) is 315 Å². The largest absolute Gasteiger partial charge is 0.394 e. The number of hydrogen-bond donors (Lipinski definition) is 4. The van der Waals surface area contributed by atoms with Crippen LogP contribution in [-0.2, 0) is 4.79 Å². The summed E-state index contributed by atoms with van der Waals surface area (Å²) in [4.78, 5) is 12.5. The Hall–Kier alpha value is -1.17. The van der Waals surface area contributed by atoms with Crippen molar-refractivity contribution in [1.29, 1.82) is 0 Å². The van der Waals surface area contributed by atoms with Crippen molar-refractivity contribution < 1.29 is 20.1 Å². The predicted molar refractivity (Wildman–Crippen MR) is 264 cm³/mol. The van der Waals surface area contributed by atoms with Crippen LogP contribution in [0.15, 0.2) is 24.3 Å². The van der Waals surface area contributed by atoms with Crippen LogP contribution in [0.3, 0.4) is 0 Å². The number of hydrogen-bond acceptors (Lipinski definition) is 4. The molecule has 60 heavy (non-hydrogen) atoms. The first-order chi connectivity index (χ1) is 29.6. The van der Waals surface area contributed by atoms with Crippen molar-refractivity contribution in [3.05, 3.63) is 24.3 Å². The first-order valence-corrected chi connectivity index (χ1v) is 27.2. The molecule has 0 fully saturated rings. The van der Waals surface area contributed by atoms with Crippen LogP contribution in [0.2, 0.25) is 0 Å². The van der Waals surface area contributed by atoms with E-state index in [1.165, 1.54) is 238 Å². The molecule has 0 rings (SSSR count). The smallest absolute Gasteiger partial charge is 0.249 e. The minimum atomic E-state index is -1.10. The lowest BCUT2D eigenvalue weighted by Gasteiger charge is -2.21. The van der Waals surface area contributed by atoms with E-state index in [1.54, 1.807) is 6.08 Å². The second-order valence-electron chi connectivity index (χ2n) is 18.8. The molecule has 4 N–H and O–H groups in total. The Labute approximate surface area is 375 Å². The van der Waals surface area contributed by atoms with Crippen molar-refractivity contribution in [1.82, 2.24) is 5.32 Å². The Kier molecular flexibility index (Phi) is 49.5. The van der Waals surface area contributed by atoms with Crippen molar-refractivity contribution in [2.75, 3.05) is 6.61 Å². The summed E-state index contributed by atoms with van der Waals surface area (Å²) in [5.41, 5.74) is 0. The number of carbonyl (C=O) groups excluding carboxylic acids is 1. The zero-order chi connectivity index (χ0) is 43.7. The summed E-state index contributed by atoms with van der Waals surface area (Å²) in [5.74, 6) is -0.508. The van der Waals surface area contributed by atoms with Gasteiger partial charge in [0.1, 0.15) is 6.10 Å². The van der Waals surface area contributed by atoms with E-state index in [9.17, 15) is 20.1 Å². The second-order valence-corrected chi connectivity index (χ2v) is 18.8. The molecule has 0 aliphatic rings. The number of allylic oxidation sites excluding steroid dienone is 3. The van der Waals surface area contributed by atoms with Crippen LogP contribution in [0.4, 0.5) is 0 Å². The minimum absolute atomic E-state index is 0.373. The normalized spacial score (nSPS) is 13.5. The maximum atomic E-state index is 12.5. The third-order valence-corrected chi connectivity index (χ3v) is 12.8. The van der Waals surface area contributed by atoms with E-state index in [1.807, 2.05) is 6.08 Å². The molecule has 0 spiro atoms. The van der Waals surface area contributed by atoms with Gasteiger partial charge in [-0.05, 0) is 32.1 Å². The van der Waals surface area contributed by atoms with E-state index < -0.39 is 24.2 Å². The van der Waals surface area contributed by atoms with Gasteiger partial charge >= 0.3 is 0 Å². The molecule has 0 aliphatic heterocycles. The molecule has 0 saturated heterocycles. The van der Waals surface area contributed by atoms with Crippen LogP contribution in [0.5, 0.6) is 0 Å². The topological polar surface area (TPSA) is 89.8 Å². The Morgan fingerprint density at radius 3 is 1.02 bits per heavy atom. The average molecular weight is 846 g/mol. The molecule has 0 saturated carbocycles. The molecule has 3 unspecified atom stereocenters. The van der Waals surface area contributed by atoms with Crippen LogP contribution in [0.25, 0.3) is 0 Å². The van der Waals surface area contributed by atoms with E-state index in [0.29, 0.717) is 6.42 Å². The van der Waals surface area contributed by atoms with E-state index in [-0.39, 0.29) is 6.61 Å². The molecule has 0 bridgehead atoms. The number of rotatable bonds is 50. The average Bonchev–Trinajstić information content (AvgIpc) is 3.25. The third kappa shape index (κ3) is 44.9. The van der Waals surface area contributed by atoms with Crippen LogP contribution in [0, 0.1) is 0 Å². The number of carbonyl (C=O) groups is 1. The quantitative estimate of drug-likeness (QED) is 0.0363. The van der Waals surface area contributed by atoms with Gasteiger partial charge in [-0.25, -0.2) is 0 Å². The summed E-state index contributed by atoms with van der Waals surface area (Å²) in [5, 5.41) is 33.3. The molecule has 356 valence electrons. The molecule has 5 heteroatoms. The van der Waals surface area contributed by atoms with Crippen molar-refractivity contribution in [3.8, 4) is 0 Å². The molecule has 5 nitrogen and oxygen atoms in total. The van der Waals surface area contributed by atoms with Crippen LogP contribution in [0.1, 0.15) is 296 Å². The highest BCUT2D eigenvalue weighted by Crippen LogP contribution is 2.17. The van der Waals surface area contributed by atoms with Crippen LogP contribution < -0.4 is 5.32 Å². The van der Waals surface area contributed by atoms with Gasteiger partial charge in [0.2, 0.25) is 5.91 Å². The van der Waals surface area contributed by atoms with Gasteiger partial charge < -0.3 is 20.6 Å². The van der Waals surface area contributed by atoms with E-state index in [4.69, 9.17) is 0 Å². The Morgan fingerprint density at radius 2 is 0.683 bits per heavy atom. The number of amides is 1. The maximum absolute atomic E-state index is 12.5. The minimum Gasteiger partial charge on any atom is -0.394 e. The standard InChI is InChI=1S/C55H107NO4/c1-3-5-7-9-11-13-15-17-19-21-22-23-24-25-26-27-28-29-30-31-32-33-34-36-38-40-42-44-46-48-50-54(59)55(60)56-52(51-57)53(58)49-47-45-43-41-39-37-35-20-18-16-14-12-10-8-6-4-2/h39,41,47,49,52-54,57-59H,3-38,40,42-46,48,50-51H2,1-2H3,(H,56,60)/b41-39+,49-47+. The Morgan fingerprint density at radius 1 is 0.400 bits per heavy atom. The van der Waals surface area contributed by atoms with Gasteiger partial charge in [0, 0.05) is 0 Å². The lowest BCUT2D eigenvalue weighted by molar-refractivity contribution is -0.131. The second kappa shape index (κ2) is 50.5. The first-order valence-electron chi connectivity index (χ1n) is 27.2. The van der Waals surface area contributed by atoms with Gasteiger partial charge in [0.15, 0.2) is 0 Å². The van der Waals surface area contributed by atoms with E-state index in [2.05, 4.69) is 31.3 Å². The summed E-state index contributed by atoms with van der Waals surface area (Å²) in [6, 6.07) is -0.811. The first kappa shape index (κ1) is 58.8. The Balaban J connectivity index is 3.53. The third-order valence-electron chi connectivity index (χ3n) is 12.8. The number of aliphatic hydroxyl groups is 3. The predicted octanol–water partition coefficient (Wildman–Crippen LogP) is 16.5. The summed E-state index contributed by atoms with van der Waals surface area (Å²) in [7, 11) is 0. The molecular formula is C55H107NO4. The molecular weight excluding hydrogens is 739 g/mol. The highest BCUT2D eigenvalue weighted by Gasteiger charge is 2.22. The summed E-state index contributed by atoms with van der Waals surface area (Å²) < 4.78 is 0. The van der Waals surface area contributed by atoms with E-state index in [0.717, 1.165) is 38.5 Å².